The molecular weight excluding hydrogens is 964 g/mol. The minimum absolute atomic E-state index is 0.107. The predicted octanol–water partition coefficient (Wildman–Crippen LogP) is 8.57. The fraction of sp³-hybridized carbons (Fsp3) is 0.677. The van der Waals surface area contributed by atoms with Gasteiger partial charge in [-0.25, -0.2) is 0 Å². The second kappa shape index (κ2) is 28.5. The summed E-state index contributed by atoms with van der Waals surface area (Å²) >= 11 is 0. The number of cyclic esters (lactones) is 1. The van der Waals surface area contributed by atoms with Crippen LogP contribution in [0.4, 0.5) is 0 Å². The van der Waals surface area contributed by atoms with Crippen molar-refractivity contribution in [2.75, 3.05) is 26.8 Å². The molecule has 0 spiro atoms. The molecular formula is C62H99N2O10P. The minimum atomic E-state index is -2.30. The topological polar surface area (TPSA) is 169 Å². The second-order valence-electron chi connectivity index (χ2n) is 23.8. The van der Waals surface area contributed by atoms with Gasteiger partial charge in [0.15, 0.2) is 6.29 Å². The number of benzene rings is 3. The third-order valence-corrected chi connectivity index (χ3v) is 21.8. The summed E-state index contributed by atoms with van der Waals surface area (Å²) in [6.07, 6.45) is 5.32. The van der Waals surface area contributed by atoms with Crippen molar-refractivity contribution < 1.29 is 49.3 Å². The molecule has 2 aliphatic rings. The van der Waals surface area contributed by atoms with Crippen LogP contribution in [0.15, 0.2) is 72.8 Å². The summed E-state index contributed by atoms with van der Waals surface area (Å²) in [5.74, 6) is -2.40. The average molecular weight is 1060 g/mol. The molecule has 5 rings (SSSR count). The van der Waals surface area contributed by atoms with Crippen molar-refractivity contribution in [1.82, 2.24) is 9.80 Å². The number of likely N-dealkylation sites (N-methyl/N-ethyl adjacent to an activating group) is 1. The standard InChI is InChI=1S/C62H99N2O10P/c1-13-54-62(10,71)58(68)48(8)64(41-45(5)40-61(9,70)55(39-53(65)47(7)59(69)73-54)74-60-57(67)52(63(11)12)38-46(6)72-60)56(66)33-22-20-18-16-14-15-17-19-21-23-34-75(49-30-24-27-42(2)35-49,50-31-25-28-43(3)36-50)51-32-26-29-44(4)37-51/h24-32,35-37,45-48,52-55,57-58,60,65,67-68,70-71,75H,13-23,33-34,38-41H2,1-12H3/t45-,46-,47-,48-,52+,53+,54-,55-,57-,58-,60+,61-,62-/m1/s1. The van der Waals surface area contributed by atoms with Gasteiger partial charge in [-0.15, -0.1) is 0 Å². The van der Waals surface area contributed by atoms with Gasteiger partial charge in [0.2, 0.25) is 5.91 Å². The van der Waals surface area contributed by atoms with E-state index in [0.717, 1.165) is 25.7 Å². The number of carbonyl (C=O) groups is 2. The molecule has 2 aliphatic heterocycles. The second-order valence-corrected chi connectivity index (χ2v) is 27.8. The van der Waals surface area contributed by atoms with Gasteiger partial charge >= 0.3 is 216 Å². The zero-order valence-corrected chi connectivity index (χ0v) is 49.0. The molecule has 422 valence electrons. The molecule has 75 heavy (non-hydrogen) atoms. The maximum atomic E-state index is 14.3. The summed E-state index contributed by atoms with van der Waals surface area (Å²) < 4.78 is 18.4. The Bertz CT molecular complexity index is 2130. The zero-order valence-electron chi connectivity index (χ0n) is 48.0. The van der Waals surface area contributed by atoms with Gasteiger partial charge in [0, 0.05) is 19.0 Å². The smallest absolute Gasteiger partial charge is 0.126 e. The molecule has 2 fully saturated rings. The van der Waals surface area contributed by atoms with E-state index in [4.69, 9.17) is 14.2 Å². The summed E-state index contributed by atoms with van der Waals surface area (Å²) in [4.78, 5) is 31.5. The molecule has 13 heteroatoms. The number of rotatable bonds is 20. The van der Waals surface area contributed by atoms with Crippen molar-refractivity contribution in [2.24, 2.45) is 11.8 Å². The molecule has 12 nitrogen and oxygen atoms in total. The van der Waals surface area contributed by atoms with E-state index in [-0.39, 0.29) is 56.2 Å². The largest absolute Gasteiger partial charge is 0.388 e. The van der Waals surface area contributed by atoms with E-state index in [2.05, 4.69) is 93.6 Å². The minimum Gasteiger partial charge on any atom is -0.388 e. The normalized spacial score (nSPS) is 30.9. The Morgan fingerprint density at radius 2 is 1.25 bits per heavy atom. The van der Waals surface area contributed by atoms with Crippen LogP contribution >= 0.6 is 7.26 Å². The Hall–Kier alpha value is -3.29. The molecule has 3 aromatic rings. The molecule has 3 aromatic carbocycles. The molecule has 5 N–H and O–H groups in total. The number of ether oxygens (including phenoxy) is 3. The number of hydrogen-bond acceptors (Lipinski definition) is 11. The van der Waals surface area contributed by atoms with Crippen LogP contribution in [-0.2, 0) is 23.8 Å². The molecule has 0 aromatic heterocycles. The molecule has 0 saturated carbocycles. The van der Waals surface area contributed by atoms with Gasteiger partial charge in [0.1, 0.15) is 23.9 Å². The number of aliphatic hydroxyl groups excluding tert-OH is 3. The monoisotopic (exact) mass is 1060 g/mol. The first kappa shape index (κ1) is 62.6. The van der Waals surface area contributed by atoms with E-state index in [0.29, 0.717) is 12.8 Å². The Morgan fingerprint density at radius 1 is 0.760 bits per heavy atom. The van der Waals surface area contributed by atoms with Gasteiger partial charge in [-0.3, -0.25) is 9.59 Å². The molecule has 0 radical (unpaired) electrons. The van der Waals surface area contributed by atoms with Crippen molar-refractivity contribution in [2.45, 2.75) is 232 Å². The fourth-order valence-electron chi connectivity index (χ4n) is 12.2. The van der Waals surface area contributed by atoms with Crippen LogP contribution in [0.1, 0.15) is 161 Å². The van der Waals surface area contributed by atoms with Crippen molar-refractivity contribution >= 4 is 35.1 Å². The molecule has 13 atom stereocenters. The predicted molar refractivity (Wildman–Crippen MR) is 306 cm³/mol. The van der Waals surface area contributed by atoms with Crippen molar-refractivity contribution in [3.63, 3.8) is 0 Å². The molecule has 1 amide bonds. The molecule has 0 unspecified atom stereocenters. The summed E-state index contributed by atoms with van der Waals surface area (Å²) in [5.41, 5.74) is 0.337. The van der Waals surface area contributed by atoms with Gasteiger partial charge in [0.25, 0.3) is 0 Å². The number of carbonyl (C=O) groups excluding carboxylic acids is 2. The zero-order chi connectivity index (χ0) is 55.3. The van der Waals surface area contributed by atoms with Crippen LogP contribution in [0.2, 0.25) is 0 Å². The van der Waals surface area contributed by atoms with Gasteiger partial charge in [-0.1, -0.05) is 13.8 Å². The summed E-state index contributed by atoms with van der Waals surface area (Å²) in [5, 5.41) is 63.5. The quantitative estimate of drug-likeness (QED) is 0.0418. The number of aliphatic hydroxyl groups is 5. The van der Waals surface area contributed by atoms with Crippen LogP contribution in [-0.4, -0.2) is 140 Å². The van der Waals surface area contributed by atoms with Crippen LogP contribution in [0.3, 0.4) is 0 Å². The van der Waals surface area contributed by atoms with Crippen LogP contribution < -0.4 is 15.9 Å². The molecule has 2 saturated heterocycles. The van der Waals surface area contributed by atoms with Gasteiger partial charge in [-0.05, 0) is 73.9 Å². The number of unbranched alkanes of at least 4 members (excludes halogenated alkanes) is 9. The molecule has 0 bridgehead atoms. The SMILES string of the molecule is CC[C@H]1OC(=O)[C@H](C)[C@@H](O)C[C@@H](O[C@@H]2O[C@H](C)C[C@H](N(C)C)[C@H]2O)[C@](C)(O)C[C@@H](C)CN(C(=O)CCCCCCCCCCCC[PH](c2cccc(C)c2)(c2cccc(C)c2)c2cccc(C)c2)[C@H](C)[C@@H](O)[C@]1(C)O. The molecule has 2 heterocycles. The third kappa shape index (κ3) is 16.6. The van der Waals surface area contributed by atoms with E-state index in [9.17, 15) is 35.1 Å². The fourth-order valence-corrected chi connectivity index (χ4v) is 17.4. The Morgan fingerprint density at radius 3 is 1.73 bits per heavy atom. The van der Waals surface area contributed by atoms with Crippen molar-refractivity contribution in [3.05, 3.63) is 89.5 Å². The van der Waals surface area contributed by atoms with E-state index >= 15 is 0 Å². The van der Waals surface area contributed by atoms with E-state index in [1.165, 1.54) is 84.7 Å². The number of nitrogens with zero attached hydrogens (tertiary/aromatic N) is 2. The van der Waals surface area contributed by atoms with Gasteiger partial charge < -0.3 is 49.5 Å². The van der Waals surface area contributed by atoms with Crippen molar-refractivity contribution in [1.29, 1.82) is 0 Å². The van der Waals surface area contributed by atoms with Crippen LogP contribution in [0.5, 0.6) is 0 Å². The summed E-state index contributed by atoms with van der Waals surface area (Å²) in [6.45, 7) is 18.6. The average Bonchev–Trinajstić information content (AvgIpc) is 3.35. The van der Waals surface area contributed by atoms with Crippen molar-refractivity contribution in [3.8, 4) is 0 Å². The number of hydrogen-bond donors (Lipinski definition) is 5. The van der Waals surface area contributed by atoms with E-state index in [1.54, 1.807) is 25.7 Å². The molecule has 0 aliphatic carbocycles. The van der Waals surface area contributed by atoms with Gasteiger partial charge in [0.05, 0.1) is 35.9 Å². The number of aryl methyl sites for hydroxylation is 3. The van der Waals surface area contributed by atoms with Crippen LogP contribution in [0, 0.1) is 32.6 Å². The Kier molecular flexibility index (Phi) is 23.8. The first-order valence-corrected chi connectivity index (χ1v) is 30.8. The summed E-state index contributed by atoms with van der Waals surface area (Å²) in [7, 11) is 1.44. The Labute approximate surface area is 452 Å². The van der Waals surface area contributed by atoms with E-state index < -0.39 is 73.2 Å². The maximum absolute atomic E-state index is 14.3. The first-order valence-electron chi connectivity index (χ1n) is 28.6. The third-order valence-electron chi connectivity index (χ3n) is 16.8. The number of esters is 1. The Balaban J connectivity index is 1.18. The first-order chi connectivity index (χ1) is 35.4. The maximum Gasteiger partial charge on any atom is 0.126 e. The number of amides is 1. The van der Waals surface area contributed by atoms with Crippen LogP contribution in [0.25, 0.3) is 0 Å². The summed E-state index contributed by atoms with van der Waals surface area (Å²) in [6, 6.07) is 26.6. The van der Waals surface area contributed by atoms with E-state index in [1.807, 2.05) is 32.8 Å². The van der Waals surface area contributed by atoms with Gasteiger partial charge in [-0.2, -0.15) is 0 Å².